The number of anilines is 1. The molecule has 1 aromatic rings. The van der Waals surface area contributed by atoms with Gasteiger partial charge in [0.15, 0.2) is 0 Å². The van der Waals surface area contributed by atoms with Gasteiger partial charge in [0.1, 0.15) is 11.4 Å². The maximum atomic E-state index is 5.41. The molecule has 3 nitrogen and oxygen atoms in total. The van der Waals surface area contributed by atoms with E-state index in [1.807, 2.05) is 31.3 Å². The van der Waals surface area contributed by atoms with Crippen molar-refractivity contribution in [2.75, 3.05) is 25.6 Å². The van der Waals surface area contributed by atoms with Crippen molar-refractivity contribution in [3.8, 4) is 0 Å². The van der Waals surface area contributed by atoms with Crippen LogP contribution in [0.5, 0.6) is 0 Å². The molecule has 1 unspecified atom stereocenters. The molecule has 0 amide bonds. The van der Waals surface area contributed by atoms with Gasteiger partial charge >= 0.3 is 0 Å². The van der Waals surface area contributed by atoms with Crippen molar-refractivity contribution < 1.29 is 4.74 Å². The lowest BCUT2D eigenvalue weighted by molar-refractivity contribution is 0.329. The van der Waals surface area contributed by atoms with E-state index < -0.39 is 0 Å². The van der Waals surface area contributed by atoms with Gasteiger partial charge in [-0.2, -0.15) is 0 Å². The Balaban J connectivity index is 2.44. The molecule has 1 aliphatic heterocycles. The van der Waals surface area contributed by atoms with Crippen molar-refractivity contribution in [1.29, 1.82) is 0 Å². The van der Waals surface area contributed by atoms with Crippen molar-refractivity contribution in [2.45, 2.75) is 12.5 Å². The molecular weight excluding hydrogens is 164 g/mol. The molecule has 0 bridgehead atoms. The molecule has 1 atom stereocenters. The lowest BCUT2D eigenvalue weighted by Crippen LogP contribution is -2.16. The molecule has 0 radical (unpaired) electrons. The van der Waals surface area contributed by atoms with Gasteiger partial charge in [-0.3, -0.25) is 0 Å². The predicted octanol–water partition coefficient (Wildman–Crippen LogP) is 1.39. The van der Waals surface area contributed by atoms with Gasteiger partial charge in [-0.05, 0) is 13.0 Å². The van der Waals surface area contributed by atoms with Gasteiger partial charge < -0.3 is 9.64 Å². The van der Waals surface area contributed by atoms with Gasteiger partial charge in [0, 0.05) is 25.9 Å². The van der Waals surface area contributed by atoms with Crippen LogP contribution in [0.4, 0.5) is 5.82 Å². The fourth-order valence-corrected chi connectivity index (χ4v) is 1.43. The van der Waals surface area contributed by atoms with Gasteiger partial charge in [-0.1, -0.05) is 6.07 Å². The summed E-state index contributed by atoms with van der Waals surface area (Å²) in [6.45, 7) is 2.90. The summed E-state index contributed by atoms with van der Waals surface area (Å²) in [4.78, 5) is 6.35. The van der Waals surface area contributed by atoms with Gasteiger partial charge in [0.2, 0.25) is 0 Å². The second-order valence-corrected chi connectivity index (χ2v) is 3.79. The second kappa shape index (κ2) is 2.70. The third-order valence-corrected chi connectivity index (χ3v) is 2.36. The Kier molecular flexibility index (Phi) is 1.77. The SMILES string of the molecule is CN(C)c1ncccc1C1(C)CO1. The van der Waals surface area contributed by atoms with Gasteiger partial charge in [0.25, 0.3) is 0 Å². The van der Waals surface area contributed by atoms with Crippen LogP contribution < -0.4 is 4.90 Å². The summed E-state index contributed by atoms with van der Waals surface area (Å²) in [6.07, 6.45) is 1.81. The molecule has 0 spiro atoms. The van der Waals surface area contributed by atoms with Crippen LogP contribution in [0.1, 0.15) is 12.5 Å². The Hall–Kier alpha value is -1.09. The average Bonchev–Trinajstić information content (AvgIpc) is 2.85. The largest absolute Gasteiger partial charge is 0.365 e. The van der Waals surface area contributed by atoms with E-state index in [-0.39, 0.29) is 5.60 Å². The molecule has 2 heterocycles. The van der Waals surface area contributed by atoms with Gasteiger partial charge in [0.05, 0.1) is 6.61 Å². The van der Waals surface area contributed by atoms with Gasteiger partial charge in [-0.25, -0.2) is 4.98 Å². The van der Waals surface area contributed by atoms with Crippen molar-refractivity contribution >= 4 is 5.82 Å². The molecule has 1 aliphatic rings. The van der Waals surface area contributed by atoms with Crippen LogP contribution in [-0.2, 0) is 10.3 Å². The van der Waals surface area contributed by atoms with Crippen LogP contribution >= 0.6 is 0 Å². The highest BCUT2D eigenvalue weighted by atomic mass is 16.6. The fraction of sp³-hybridized carbons (Fsp3) is 0.500. The maximum Gasteiger partial charge on any atom is 0.134 e. The van der Waals surface area contributed by atoms with Crippen LogP contribution in [0, 0.1) is 0 Å². The summed E-state index contributed by atoms with van der Waals surface area (Å²) < 4.78 is 5.41. The summed E-state index contributed by atoms with van der Waals surface area (Å²) in [6, 6.07) is 4.03. The number of hydrogen-bond acceptors (Lipinski definition) is 3. The van der Waals surface area contributed by atoms with Crippen LogP contribution in [0.25, 0.3) is 0 Å². The number of rotatable bonds is 2. The number of nitrogens with zero attached hydrogens (tertiary/aromatic N) is 2. The van der Waals surface area contributed by atoms with E-state index in [1.165, 1.54) is 5.56 Å². The van der Waals surface area contributed by atoms with E-state index in [9.17, 15) is 0 Å². The first-order chi connectivity index (χ1) is 6.13. The maximum absolute atomic E-state index is 5.41. The summed E-state index contributed by atoms with van der Waals surface area (Å²) in [5, 5.41) is 0. The van der Waals surface area contributed by atoms with Crippen LogP contribution in [0.15, 0.2) is 18.3 Å². The van der Waals surface area contributed by atoms with E-state index in [4.69, 9.17) is 4.74 Å². The minimum absolute atomic E-state index is 0.0894. The van der Waals surface area contributed by atoms with Crippen LogP contribution in [0.3, 0.4) is 0 Å². The highest BCUT2D eigenvalue weighted by molar-refractivity contribution is 5.49. The standard InChI is InChI=1S/C10H14N2O/c1-10(7-13-10)8-5-4-6-11-9(8)12(2)3/h4-6H,7H2,1-3H3. The number of ether oxygens (including phenoxy) is 1. The molecule has 0 aliphatic carbocycles. The fourth-order valence-electron chi connectivity index (χ4n) is 1.43. The van der Waals surface area contributed by atoms with Crippen molar-refractivity contribution in [2.24, 2.45) is 0 Å². The number of aromatic nitrogens is 1. The molecular formula is C10H14N2O. The quantitative estimate of drug-likeness (QED) is 0.641. The third kappa shape index (κ3) is 1.40. The second-order valence-electron chi connectivity index (χ2n) is 3.79. The highest BCUT2D eigenvalue weighted by Crippen LogP contribution is 2.41. The normalized spacial score (nSPS) is 25.8. The molecule has 1 saturated heterocycles. The van der Waals surface area contributed by atoms with E-state index in [0.29, 0.717) is 0 Å². The first-order valence-corrected chi connectivity index (χ1v) is 4.40. The smallest absolute Gasteiger partial charge is 0.134 e. The summed E-state index contributed by atoms with van der Waals surface area (Å²) in [5.41, 5.74) is 1.09. The van der Waals surface area contributed by atoms with E-state index in [2.05, 4.69) is 18.0 Å². The topological polar surface area (TPSA) is 28.7 Å². The Morgan fingerprint density at radius 1 is 1.54 bits per heavy atom. The zero-order chi connectivity index (χ0) is 9.47. The summed E-state index contributed by atoms with van der Waals surface area (Å²) in [7, 11) is 4.00. The molecule has 0 N–H and O–H groups in total. The third-order valence-electron chi connectivity index (χ3n) is 2.36. The number of hydrogen-bond donors (Lipinski definition) is 0. The lowest BCUT2D eigenvalue weighted by Gasteiger charge is -2.17. The van der Waals surface area contributed by atoms with E-state index >= 15 is 0 Å². The monoisotopic (exact) mass is 178 g/mol. The first kappa shape index (κ1) is 8.51. The summed E-state index contributed by atoms with van der Waals surface area (Å²) >= 11 is 0. The molecule has 0 aromatic carbocycles. The van der Waals surface area contributed by atoms with E-state index in [0.717, 1.165) is 12.4 Å². The summed E-state index contributed by atoms with van der Waals surface area (Å²) in [5.74, 6) is 1.00. The Morgan fingerprint density at radius 3 is 2.77 bits per heavy atom. The molecule has 3 heteroatoms. The van der Waals surface area contributed by atoms with Crippen molar-refractivity contribution in [3.05, 3.63) is 23.9 Å². The first-order valence-electron chi connectivity index (χ1n) is 4.40. The minimum Gasteiger partial charge on any atom is -0.365 e. The van der Waals surface area contributed by atoms with Crippen LogP contribution in [0.2, 0.25) is 0 Å². The Labute approximate surface area is 78.3 Å². The highest BCUT2D eigenvalue weighted by Gasteiger charge is 2.43. The van der Waals surface area contributed by atoms with Crippen molar-refractivity contribution in [3.63, 3.8) is 0 Å². The zero-order valence-electron chi connectivity index (χ0n) is 8.24. The molecule has 2 rings (SSSR count). The molecule has 1 fully saturated rings. The lowest BCUT2D eigenvalue weighted by atomic mass is 10.0. The number of epoxide rings is 1. The average molecular weight is 178 g/mol. The van der Waals surface area contributed by atoms with Gasteiger partial charge in [-0.15, -0.1) is 0 Å². The molecule has 1 aromatic heterocycles. The Bertz CT molecular complexity index is 318. The molecule has 13 heavy (non-hydrogen) atoms. The van der Waals surface area contributed by atoms with Crippen LogP contribution in [-0.4, -0.2) is 25.7 Å². The predicted molar refractivity (Wildman–Crippen MR) is 51.9 cm³/mol. The molecule has 0 saturated carbocycles. The van der Waals surface area contributed by atoms with Crippen molar-refractivity contribution in [1.82, 2.24) is 4.98 Å². The molecule has 70 valence electrons. The van der Waals surface area contributed by atoms with E-state index in [1.54, 1.807) is 0 Å². The number of pyridine rings is 1. The Morgan fingerprint density at radius 2 is 2.23 bits per heavy atom. The zero-order valence-corrected chi connectivity index (χ0v) is 8.24. The minimum atomic E-state index is -0.0894.